The van der Waals surface area contributed by atoms with Gasteiger partial charge in [0.05, 0.1) is 23.3 Å². The van der Waals surface area contributed by atoms with Crippen molar-refractivity contribution >= 4 is 22.6 Å². The molecule has 4 heterocycles. The van der Waals surface area contributed by atoms with Crippen LogP contribution in [0.2, 0.25) is 0 Å². The molecule has 0 bridgehead atoms. The molecule has 35 heavy (non-hydrogen) atoms. The number of fused-ring (bicyclic) bond motifs is 1. The average Bonchev–Trinajstić information content (AvgIpc) is 3.31. The van der Waals surface area contributed by atoms with Crippen molar-refractivity contribution < 1.29 is 18.3 Å². The standard InChI is InChI=1S/C24H26F2N6O3/c1-14-22(33)30-20-16(28-14)4-3-15(19(20)25)11-32-9-8-31(12-24(32)7-10-35-13-24)18-6-5-17(23(34)27-2)29-21(18)26/h3-6H,7-13H2,1-2H3,(H,27,34)(H,30,33). The van der Waals surface area contributed by atoms with Gasteiger partial charge >= 0.3 is 0 Å². The molecule has 2 saturated heterocycles. The summed E-state index contributed by atoms with van der Waals surface area (Å²) in [6, 6.07) is 6.47. The number of hydrogen-bond acceptors (Lipinski definition) is 7. The van der Waals surface area contributed by atoms with Crippen LogP contribution in [-0.4, -0.2) is 71.2 Å². The summed E-state index contributed by atoms with van der Waals surface area (Å²) < 4.78 is 36.0. The Morgan fingerprint density at radius 2 is 2.06 bits per heavy atom. The first-order valence-electron chi connectivity index (χ1n) is 11.5. The fraction of sp³-hybridized carbons (Fsp3) is 0.417. The first-order chi connectivity index (χ1) is 16.8. The van der Waals surface area contributed by atoms with Crippen molar-refractivity contribution in [1.82, 2.24) is 25.2 Å². The van der Waals surface area contributed by atoms with E-state index in [1.165, 1.54) is 13.1 Å². The van der Waals surface area contributed by atoms with Gasteiger partial charge in [-0.05, 0) is 31.5 Å². The van der Waals surface area contributed by atoms with Gasteiger partial charge in [0.15, 0.2) is 5.82 Å². The van der Waals surface area contributed by atoms with Crippen LogP contribution in [0.5, 0.6) is 0 Å². The first kappa shape index (κ1) is 23.3. The van der Waals surface area contributed by atoms with E-state index in [-0.39, 0.29) is 16.9 Å². The fourth-order valence-corrected chi connectivity index (χ4v) is 4.94. The number of rotatable bonds is 4. The molecule has 2 N–H and O–H groups in total. The SMILES string of the molecule is CNC(=O)c1ccc(N2CCN(Cc3ccc4nc(C)c(=O)[nH]c4c3F)C3(CCOC3)C2)c(F)n1. The number of piperazine rings is 1. The summed E-state index contributed by atoms with van der Waals surface area (Å²) in [6.45, 7) is 4.38. The number of aromatic nitrogens is 3. The third-order valence-corrected chi connectivity index (χ3v) is 6.92. The molecule has 184 valence electrons. The summed E-state index contributed by atoms with van der Waals surface area (Å²) >= 11 is 0. The number of H-pyrrole nitrogens is 1. The smallest absolute Gasteiger partial charge is 0.269 e. The Bertz CT molecular complexity index is 1360. The van der Waals surface area contributed by atoms with Crippen LogP contribution in [0, 0.1) is 18.7 Å². The Hall–Kier alpha value is -3.44. The van der Waals surface area contributed by atoms with Crippen LogP contribution in [-0.2, 0) is 11.3 Å². The van der Waals surface area contributed by atoms with E-state index in [1.807, 2.05) is 4.90 Å². The normalized spacial score (nSPS) is 20.6. The number of carbonyl (C=O) groups is 1. The molecule has 2 aliphatic heterocycles. The Kier molecular flexibility index (Phi) is 5.97. The van der Waals surface area contributed by atoms with Gasteiger partial charge in [-0.2, -0.15) is 4.39 Å². The van der Waals surface area contributed by atoms with Gasteiger partial charge in [-0.3, -0.25) is 14.5 Å². The van der Waals surface area contributed by atoms with Crippen LogP contribution in [0.1, 0.15) is 28.2 Å². The highest BCUT2D eigenvalue weighted by atomic mass is 19.1. The van der Waals surface area contributed by atoms with E-state index in [0.29, 0.717) is 62.6 Å². The molecule has 0 saturated carbocycles. The molecule has 0 radical (unpaired) electrons. The molecule has 5 rings (SSSR count). The van der Waals surface area contributed by atoms with E-state index >= 15 is 4.39 Å². The van der Waals surface area contributed by atoms with Crippen molar-refractivity contribution in [2.45, 2.75) is 25.4 Å². The number of pyridine rings is 1. The molecule has 1 aromatic carbocycles. The van der Waals surface area contributed by atoms with Gasteiger partial charge in [-0.15, -0.1) is 0 Å². The first-order valence-corrected chi connectivity index (χ1v) is 11.5. The number of halogens is 2. The summed E-state index contributed by atoms with van der Waals surface area (Å²) in [4.78, 5) is 38.5. The molecule has 1 unspecified atom stereocenters. The lowest BCUT2D eigenvalue weighted by Crippen LogP contribution is -2.62. The number of anilines is 1. The molecule has 2 aliphatic rings. The van der Waals surface area contributed by atoms with Gasteiger partial charge in [0, 0.05) is 45.4 Å². The van der Waals surface area contributed by atoms with Crippen molar-refractivity contribution in [1.29, 1.82) is 0 Å². The number of ether oxygens (including phenoxy) is 1. The van der Waals surface area contributed by atoms with Crippen molar-refractivity contribution in [2.24, 2.45) is 0 Å². The molecule has 9 nitrogen and oxygen atoms in total. The van der Waals surface area contributed by atoms with Crippen molar-refractivity contribution in [3.8, 4) is 0 Å². The quantitative estimate of drug-likeness (QED) is 0.544. The number of amides is 1. The molecule has 1 spiro atoms. The van der Waals surface area contributed by atoms with Crippen LogP contribution in [0.4, 0.5) is 14.5 Å². The predicted molar refractivity (Wildman–Crippen MR) is 125 cm³/mol. The number of carbonyl (C=O) groups excluding carboxylic acids is 1. The van der Waals surface area contributed by atoms with Crippen molar-refractivity contribution in [3.05, 3.63) is 63.3 Å². The molecule has 2 aromatic heterocycles. The van der Waals surface area contributed by atoms with E-state index in [1.54, 1.807) is 25.1 Å². The molecule has 2 fully saturated rings. The molecule has 3 aromatic rings. The Morgan fingerprint density at radius 1 is 1.23 bits per heavy atom. The summed E-state index contributed by atoms with van der Waals surface area (Å²) in [5.74, 6) is -1.66. The second-order valence-electron chi connectivity index (χ2n) is 9.04. The van der Waals surface area contributed by atoms with E-state index < -0.39 is 28.8 Å². The molecule has 1 amide bonds. The van der Waals surface area contributed by atoms with E-state index in [2.05, 4.69) is 25.2 Å². The van der Waals surface area contributed by atoms with Gasteiger partial charge in [0.25, 0.3) is 11.5 Å². The van der Waals surface area contributed by atoms with Crippen molar-refractivity contribution in [3.63, 3.8) is 0 Å². The highest BCUT2D eigenvalue weighted by Gasteiger charge is 2.45. The number of benzene rings is 1. The zero-order valence-corrected chi connectivity index (χ0v) is 19.5. The zero-order valence-electron chi connectivity index (χ0n) is 19.5. The average molecular weight is 485 g/mol. The number of nitrogens with one attached hydrogen (secondary N) is 2. The van der Waals surface area contributed by atoms with E-state index in [9.17, 15) is 14.0 Å². The monoisotopic (exact) mass is 484 g/mol. The number of aryl methyl sites for hydroxylation is 1. The third kappa shape index (κ3) is 4.14. The topological polar surface area (TPSA) is 103 Å². The second-order valence-corrected chi connectivity index (χ2v) is 9.04. The highest BCUT2D eigenvalue weighted by Crippen LogP contribution is 2.35. The molecular formula is C24H26F2N6O3. The fourth-order valence-electron chi connectivity index (χ4n) is 4.94. The predicted octanol–water partition coefficient (Wildman–Crippen LogP) is 1.75. The van der Waals surface area contributed by atoms with Gasteiger partial charge in [0.2, 0.25) is 5.95 Å². The zero-order chi connectivity index (χ0) is 24.7. The largest absolute Gasteiger partial charge is 0.379 e. The van der Waals surface area contributed by atoms with Crippen LogP contribution < -0.4 is 15.8 Å². The van der Waals surface area contributed by atoms with E-state index in [4.69, 9.17) is 4.74 Å². The van der Waals surface area contributed by atoms with Crippen LogP contribution in [0.15, 0.2) is 29.1 Å². The molecule has 0 aliphatic carbocycles. The van der Waals surface area contributed by atoms with Crippen LogP contribution >= 0.6 is 0 Å². The number of hydrogen-bond donors (Lipinski definition) is 2. The lowest BCUT2D eigenvalue weighted by atomic mass is 9.91. The Balaban J connectivity index is 1.42. The summed E-state index contributed by atoms with van der Waals surface area (Å²) in [6.07, 6.45) is 0.710. The van der Waals surface area contributed by atoms with E-state index in [0.717, 1.165) is 0 Å². The minimum absolute atomic E-state index is 0.0146. The molecule has 11 heteroatoms. The second kappa shape index (κ2) is 8.97. The Morgan fingerprint density at radius 3 is 2.77 bits per heavy atom. The van der Waals surface area contributed by atoms with Gasteiger partial charge < -0.3 is 19.9 Å². The number of nitrogens with zero attached hydrogens (tertiary/aromatic N) is 4. The van der Waals surface area contributed by atoms with Crippen molar-refractivity contribution in [2.75, 3.05) is 44.8 Å². The minimum Gasteiger partial charge on any atom is -0.379 e. The maximum absolute atomic E-state index is 15.4. The van der Waals surface area contributed by atoms with Gasteiger partial charge in [0.1, 0.15) is 16.9 Å². The Labute approximate surface area is 200 Å². The highest BCUT2D eigenvalue weighted by molar-refractivity contribution is 5.92. The van der Waals surface area contributed by atoms with Crippen LogP contribution in [0.3, 0.4) is 0 Å². The van der Waals surface area contributed by atoms with Gasteiger partial charge in [-0.25, -0.2) is 14.4 Å². The van der Waals surface area contributed by atoms with Gasteiger partial charge in [-0.1, -0.05) is 6.07 Å². The lowest BCUT2D eigenvalue weighted by Gasteiger charge is -2.49. The minimum atomic E-state index is -0.707. The number of aromatic amines is 1. The third-order valence-electron chi connectivity index (χ3n) is 6.92. The maximum Gasteiger partial charge on any atom is 0.269 e. The summed E-state index contributed by atoms with van der Waals surface area (Å²) in [7, 11) is 1.46. The summed E-state index contributed by atoms with van der Waals surface area (Å²) in [5.41, 5.74) is 0.702. The van der Waals surface area contributed by atoms with Crippen LogP contribution in [0.25, 0.3) is 11.0 Å². The molecule has 1 atom stereocenters. The lowest BCUT2D eigenvalue weighted by molar-refractivity contribution is 0.0480. The molecular weight excluding hydrogens is 458 g/mol. The maximum atomic E-state index is 15.4. The summed E-state index contributed by atoms with van der Waals surface area (Å²) in [5, 5.41) is 2.44.